The van der Waals surface area contributed by atoms with Crippen molar-refractivity contribution in [3.63, 3.8) is 0 Å². The summed E-state index contributed by atoms with van der Waals surface area (Å²) < 4.78 is 2.31. The van der Waals surface area contributed by atoms with Crippen molar-refractivity contribution in [1.29, 1.82) is 5.26 Å². The molecule has 3 aliphatic carbocycles. The lowest BCUT2D eigenvalue weighted by molar-refractivity contribution is -0.117. The van der Waals surface area contributed by atoms with Gasteiger partial charge in [-0.2, -0.15) is 5.26 Å². The van der Waals surface area contributed by atoms with Crippen molar-refractivity contribution in [1.82, 2.24) is 19.5 Å². The van der Waals surface area contributed by atoms with Gasteiger partial charge in [0, 0.05) is 23.5 Å². The van der Waals surface area contributed by atoms with Crippen molar-refractivity contribution in [2.75, 3.05) is 0 Å². The predicted molar refractivity (Wildman–Crippen MR) is 101 cm³/mol. The number of nitriles is 1. The van der Waals surface area contributed by atoms with Gasteiger partial charge in [0.05, 0.1) is 24.2 Å². The fraction of sp³-hybridized carbons (Fsp3) is 0.500. The number of aromatic nitrogens is 4. The maximum atomic E-state index is 11.7. The molecule has 0 aliphatic heterocycles. The number of hydrogen-bond donors (Lipinski definition) is 2. The number of imidazole rings is 1. The quantitative estimate of drug-likeness (QED) is 0.743. The van der Waals surface area contributed by atoms with Crippen LogP contribution in [0.15, 0.2) is 18.5 Å². The van der Waals surface area contributed by atoms with Crippen LogP contribution >= 0.6 is 0 Å². The number of carbonyl (C=O) groups is 1. The fourth-order valence-electron chi connectivity index (χ4n) is 5.42. The third-order valence-corrected chi connectivity index (χ3v) is 6.89. The number of H-pyrrole nitrogens is 1. The Morgan fingerprint density at radius 1 is 1.30 bits per heavy atom. The van der Waals surface area contributed by atoms with E-state index in [-0.39, 0.29) is 23.3 Å². The SMILES string of the molecule is N#CCC12CCC(n3c(CC(N)=O)nc4cnc5[nH]ccc5c43)(CC1)CC2. The first kappa shape index (κ1) is 16.3. The summed E-state index contributed by atoms with van der Waals surface area (Å²) in [6, 6.07) is 4.42. The molecule has 138 valence electrons. The summed E-state index contributed by atoms with van der Waals surface area (Å²) in [7, 11) is 0. The standard InChI is InChI=1S/C20H22N6O/c21-9-8-19-2-5-20(6-3-19,7-4-19)26-16(11-15(22)27)25-14-12-24-18-13(17(14)26)1-10-23-18/h1,10,12H,2-8,11H2,(H2,22,27)(H,23,24). The highest BCUT2D eigenvalue weighted by molar-refractivity contribution is 6.01. The van der Waals surface area contributed by atoms with Gasteiger partial charge >= 0.3 is 0 Å². The van der Waals surface area contributed by atoms with Crippen LogP contribution in [-0.4, -0.2) is 25.4 Å². The van der Waals surface area contributed by atoms with Gasteiger partial charge in [-0.15, -0.1) is 0 Å². The summed E-state index contributed by atoms with van der Waals surface area (Å²) >= 11 is 0. The molecule has 0 saturated heterocycles. The second kappa shape index (κ2) is 5.56. The normalized spacial score (nSPS) is 27.2. The highest BCUT2D eigenvalue weighted by Gasteiger charge is 2.50. The number of nitrogens with two attached hydrogens (primary N) is 1. The van der Waals surface area contributed by atoms with Crippen molar-refractivity contribution in [3.05, 3.63) is 24.3 Å². The first-order chi connectivity index (χ1) is 13.1. The largest absolute Gasteiger partial charge is 0.369 e. The average molecular weight is 362 g/mol. The molecule has 0 radical (unpaired) electrons. The molecule has 0 aromatic carbocycles. The van der Waals surface area contributed by atoms with Crippen LogP contribution in [0.2, 0.25) is 0 Å². The summed E-state index contributed by atoms with van der Waals surface area (Å²) in [5, 5.41) is 10.3. The van der Waals surface area contributed by atoms with E-state index in [1.165, 1.54) is 0 Å². The minimum atomic E-state index is -0.369. The number of amides is 1. The molecule has 7 heteroatoms. The number of pyridine rings is 1. The van der Waals surface area contributed by atoms with Crippen molar-refractivity contribution >= 4 is 28.0 Å². The van der Waals surface area contributed by atoms with Crippen molar-refractivity contribution < 1.29 is 4.79 Å². The van der Waals surface area contributed by atoms with Gasteiger partial charge in [0.1, 0.15) is 17.0 Å². The Morgan fingerprint density at radius 3 is 2.70 bits per heavy atom. The molecule has 6 rings (SSSR count). The molecule has 3 aromatic heterocycles. The van der Waals surface area contributed by atoms with E-state index in [9.17, 15) is 10.1 Å². The Kier molecular flexibility index (Phi) is 3.36. The number of rotatable bonds is 4. The molecule has 0 spiro atoms. The van der Waals surface area contributed by atoms with Crippen LogP contribution in [0.4, 0.5) is 0 Å². The van der Waals surface area contributed by atoms with E-state index < -0.39 is 0 Å². The summed E-state index contributed by atoms with van der Waals surface area (Å²) in [6.07, 6.45) is 10.6. The lowest BCUT2D eigenvalue weighted by atomic mass is 9.56. The molecular weight excluding hydrogens is 340 g/mol. The third-order valence-electron chi connectivity index (χ3n) is 6.89. The summed E-state index contributed by atoms with van der Waals surface area (Å²) in [5.41, 5.74) is 8.36. The lowest BCUT2D eigenvalue weighted by Gasteiger charge is -2.54. The van der Waals surface area contributed by atoms with E-state index in [0.717, 1.165) is 66.4 Å². The third kappa shape index (κ3) is 2.29. The van der Waals surface area contributed by atoms with Gasteiger partial charge in [-0.1, -0.05) is 0 Å². The first-order valence-corrected chi connectivity index (χ1v) is 9.55. The molecule has 3 heterocycles. The van der Waals surface area contributed by atoms with Crippen LogP contribution in [0.5, 0.6) is 0 Å². The Balaban J connectivity index is 1.71. The Bertz CT molecular complexity index is 1080. The maximum Gasteiger partial charge on any atom is 0.225 e. The van der Waals surface area contributed by atoms with E-state index in [2.05, 4.69) is 20.6 Å². The second-order valence-electron chi connectivity index (χ2n) is 8.30. The number of nitrogens with zero attached hydrogens (tertiary/aromatic N) is 4. The fourth-order valence-corrected chi connectivity index (χ4v) is 5.42. The molecule has 3 saturated carbocycles. The number of carbonyl (C=O) groups excluding carboxylic acids is 1. The van der Waals surface area contributed by atoms with E-state index in [4.69, 9.17) is 10.7 Å². The van der Waals surface area contributed by atoms with Crippen molar-refractivity contribution in [2.24, 2.45) is 11.1 Å². The van der Waals surface area contributed by atoms with Gasteiger partial charge in [0.2, 0.25) is 5.91 Å². The zero-order chi connectivity index (χ0) is 18.6. The Hall–Kier alpha value is -2.88. The smallest absolute Gasteiger partial charge is 0.225 e. The summed E-state index contributed by atoms with van der Waals surface area (Å²) in [6.45, 7) is 0. The zero-order valence-corrected chi connectivity index (χ0v) is 15.2. The minimum absolute atomic E-state index is 0.0533. The number of aromatic amines is 1. The molecule has 2 bridgehead atoms. The van der Waals surface area contributed by atoms with Crippen LogP contribution in [0.25, 0.3) is 22.1 Å². The summed E-state index contributed by atoms with van der Waals surface area (Å²) in [5.74, 6) is 0.370. The molecule has 3 aromatic rings. The van der Waals surface area contributed by atoms with E-state index in [0.29, 0.717) is 6.42 Å². The van der Waals surface area contributed by atoms with Crippen LogP contribution in [0, 0.1) is 16.7 Å². The highest BCUT2D eigenvalue weighted by Crippen LogP contribution is 2.58. The van der Waals surface area contributed by atoms with Crippen LogP contribution < -0.4 is 5.73 Å². The zero-order valence-electron chi connectivity index (χ0n) is 15.2. The van der Waals surface area contributed by atoms with Crippen LogP contribution in [0.3, 0.4) is 0 Å². The monoisotopic (exact) mass is 362 g/mol. The second-order valence-corrected chi connectivity index (χ2v) is 8.30. The number of hydrogen-bond acceptors (Lipinski definition) is 4. The molecule has 3 aliphatic rings. The number of nitrogens with one attached hydrogen (secondary N) is 1. The minimum Gasteiger partial charge on any atom is -0.369 e. The Morgan fingerprint density at radius 2 is 2.04 bits per heavy atom. The average Bonchev–Trinajstić information content (AvgIpc) is 3.26. The number of primary amides is 1. The van der Waals surface area contributed by atoms with Gasteiger partial charge in [0.15, 0.2) is 0 Å². The van der Waals surface area contributed by atoms with Gasteiger partial charge in [-0.3, -0.25) is 4.79 Å². The van der Waals surface area contributed by atoms with Gasteiger partial charge in [0.25, 0.3) is 0 Å². The van der Waals surface area contributed by atoms with E-state index >= 15 is 0 Å². The summed E-state index contributed by atoms with van der Waals surface area (Å²) in [4.78, 5) is 24.1. The molecule has 7 nitrogen and oxygen atoms in total. The van der Waals surface area contributed by atoms with Crippen molar-refractivity contribution in [2.45, 2.75) is 56.9 Å². The lowest BCUT2D eigenvalue weighted by Crippen LogP contribution is -2.48. The highest BCUT2D eigenvalue weighted by atomic mass is 16.1. The van der Waals surface area contributed by atoms with E-state index in [1.54, 1.807) is 6.20 Å². The van der Waals surface area contributed by atoms with Crippen LogP contribution in [-0.2, 0) is 16.8 Å². The number of fused-ring (bicyclic) bond motifs is 6. The maximum absolute atomic E-state index is 11.7. The van der Waals surface area contributed by atoms with Gasteiger partial charge in [-0.25, -0.2) is 9.97 Å². The predicted octanol–water partition coefficient (Wildman–Crippen LogP) is 2.90. The molecular formula is C20H22N6O. The first-order valence-electron chi connectivity index (χ1n) is 9.55. The molecule has 3 N–H and O–H groups in total. The molecule has 3 fully saturated rings. The molecule has 27 heavy (non-hydrogen) atoms. The van der Waals surface area contributed by atoms with Crippen LogP contribution in [0.1, 0.15) is 50.8 Å². The van der Waals surface area contributed by atoms with Gasteiger partial charge < -0.3 is 15.3 Å². The molecule has 0 unspecified atom stereocenters. The topological polar surface area (TPSA) is 113 Å². The van der Waals surface area contributed by atoms with Gasteiger partial charge in [-0.05, 0) is 50.0 Å². The van der Waals surface area contributed by atoms with Crippen molar-refractivity contribution in [3.8, 4) is 6.07 Å². The molecule has 1 amide bonds. The van der Waals surface area contributed by atoms with E-state index in [1.807, 2.05) is 12.3 Å². The molecule has 0 atom stereocenters. The Labute approximate surface area is 156 Å².